The zero-order valence-electron chi connectivity index (χ0n) is 9.12. The summed E-state index contributed by atoms with van der Waals surface area (Å²) in [6, 6.07) is 4.68. The molecule has 6 nitrogen and oxygen atoms in total. The Kier molecular flexibility index (Phi) is 4.22. The zero-order valence-corrected chi connectivity index (χ0v) is 9.94. The normalized spacial score (nSPS) is 13.3. The fourth-order valence-corrected chi connectivity index (χ4v) is 1.83. The van der Waals surface area contributed by atoms with E-state index in [2.05, 4.69) is 5.32 Å². The van der Waals surface area contributed by atoms with Gasteiger partial charge in [-0.1, -0.05) is 12.1 Å². The van der Waals surface area contributed by atoms with Crippen LogP contribution in [0.15, 0.2) is 29.2 Å². The Labute approximate surface area is 99.0 Å². The summed E-state index contributed by atoms with van der Waals surface area (Å²) in [4.78, 5) is 10.6. The molecule has 0 heterocycles. The van der Waals surface area contributed by atoms with Crippen LogP contribution in [0.2, 0.25) is 0 Å². The van der Waals surface area contributed by atoms with Gasteiger partial charge in [-0.2, -0.15) is 8.42 Å². The van der Waals surface area contributed by atoms with Crippen molar-refractivity contribution < 1.29 is 22.9 Å². The summed E-state index contributed by atoms with van der Waals surface area (Å²) in [5, 5.41) is 11.4. The lowest BCUT2D eigenvalue weighted by molar-refractivity contribution is -0.139. The van der Waals surface area contributed by atoms with Crippen molar-refractivity contribution in [3.8, 4) is 0 Å². The van der Waals surface area contributed by atoms with E-state index in [1.54, 1.807) is 0 Å². The first-order valence-electron chi connectivity index (χ1n) is 4.81. The monoisotopic (exact) mass is 259 g/mol. The first-order valence-corrected chi connectivity index (χ1v) is 6.25. The number of hydrogen-bond acceptors (Lipinski definition) is 4. The lowest BCUT2D eigenvalue weighted by atomic mass is 10.1. The van der Waals surface area contributed by atoms with E-state index in [1.807, 2.05) is 0 Å². The molecule has 94 valence electrons. The quantitative estimate of drug-likeness (QED) is 0.650. The Morgan fingerprint density at radius 3 is 2.24 bits per heavy atom. The number of likely N-dealkylation sites (N-methyl/N-ethyl adjacent to an activating group) is 1. The minimum absolute atomic E-state index is 0.211. The molecule has 0 aliphatic carbocycles. The van der Waals surface area contributed by atoms with E-state index in [0.29, 0.717) is 5.56 Å². The van der Waals surface area contributed by atoms with Gasteiger partial charge in [0, 0.05) is 0 Å². The number of hydrogen-bond donors (Lipinski definition) is 3. The predicted octanol–water partition coefficient (Wildman–Crippen LogP) is 0.148. The number of aliphatic carboxylic acids is 1. The molecule has 1 aromatic rings. The number of carboxylic acid groups (broad SMARTS) is 1. The Morgan fingerprint density at radius 2 is 1.88 bits per heavy atom. The first-order chi connectivity index (χ1) is 7.84. The van der Waals surface area contributed by atoms with Gasteiger partial charge in [-0.25, -0.2) is 0 Å². The third kappa shape index (κ3) is 3.81. The number of rotatable bonds is 5. The van der Waals surface area contributed by atoms with Gasteiger partial charge in [0.05, 0.1) is 4.90 Å². The summed E-state index contributed by atoms with van der Waals surface area (Å²) >= 11 is 0. The Morgan fingerprint density at radius 1 is 1.35 bits per heavy atom. The fourth-order valence-electron chi connectivity index (χ4n) is 1.35. The lowest BCUT2D eigenvalue weighted by Crippen LogP contribution is -2.35. The van der Waals surface area contributed by atoms with E-state index >= 15 is 0 Å². The van der Waals surface area contributed by atoms with Crippen molar-refractivity contribution in [1.29, 1.82) is 0 Å². The van der Waals surface area contributed by atoms with Gasteiger partial charge in [-0.3, -0.25) is 9.35 Å². The Balaban J connectivity index is 2.85. The molecule has 17 heavy (non-hydrogen) atoms. The highest BCUT2D eigenvalue weighted by atomic mass is 32.2. The number of carboxylic acids is 1. The van der Waals surface area contributed by atoms with E-state index in [0.717, 1.165) is 0 Å². The van der Waals surface area contributed by atoms with Gasteiger partial charge in [-0.05, 0) is 31.2 Å². The average Bonchev–Trinajstić information content (AvgIpc) is 2.25. The van der Waals surface area contributed by atoms with Gasteiger partial charge in [0.2, 0.25) is 0 Å². The molecule has 0 spiro atoms. The molecule has 0 radical (unpaired) electrons. The molecule has 1 aromatic carbocycles. The average molecular weight is 259 g/mol. The molecule has 0 aliphatic heterocycles. The topological polar surface area (TPSA) is 104 Å². The first kappa shape index (κ1) is 13.6. The van der Waals surface area contributed by atoms with Crippen LogP contribution in [0, 0.1) is 0 Å². The maximum absolute atomic E-state index is 10.8. The van der Waals surface area contributed by atoms with Crippen LogP contribution in [-0.2, 0) is 21.3 Å². The van der Waals surface area contributed by atoms with E-state index < -0.39 is 22.1 Å². The van der Waals surface area contributed by atoms with E-state index in [9.17, 15) is 13.2 Å². The second kappa shape index (κ2) is 5.26. The lowest BCUT2D eigenvalue weighted by Gasteiger charge is -2.10. The van der Waals surface area contributed by atoms with Crippen molar-refractivity contribution in [3.63, 3.8) is 0 Å². The molecule has 0 aromatic heterocycles. The van der Waals surface area contributed by atoms with Gasteiger partial charge in [0.15, 0.2) is 0 Å². The van der Waals surface area contributed by atoms with Gasteiger partial charge >= 0.3 is 5.97 Å². The minimum atomic E-state index is -4.20. The summed E-state index contributed by atoms with van der Waals surface area (Å²) < 4.78 is 30.3. The SMILES string of the molecule is CN[C@@H](Cc1ccc(S(=O)(=O)O)cc1)C(=O)O. The molecule has 0 fully saturated rings. The van der Waals surface area contributed by atoms with E-state index in [-0.39, 0.29) is 11.3 Å². The molecule has 1 atom stereocenters. The largest absolute Gasteiger partial charge is 0.480 e. The highest BCUT2D eigenvalue weighted by Gasteiger charge is 2.16. The maximum Gasteiger partial charge on any atom is 0.321 e. The second-order valence-electron chi connectivity index (χ2n) is 3.50. The third-order valence-electron chi connectivity index (χ3n) is 2.31. The van der Waals surface area contributed by atoms with Crippen molar-refractivity contribution in [2.45, 2.75) is 17.4 Å². The summed E-state index contributed by atoms with van der Waals surface area (Å²) in [5.41, 5.74) is 0.666. The van der Waals surface area contributed by atoms with Crippen LogP contribution in [0.5, 0.6) is 0 Å². The van der Waals surface area contributed by atoms with Crippen molar-refractivity contribution in [1.82, 2.24) is 5.32 Å². The molecule has 1 rings (SSSR count). The standard InChI is InChI=1S/C10H13NO5S/c1-11-9(10(12)13)6-7-2-4-8(5-3-7)17(14,15)16/h2-5,9,11H,6H2,1H3,(H,12,13)(H,14,15,16)/t9-/m0/s1. The van der Waals surface area contributed by atoms with Gasteiger partial charge in [0.25, 0.3) is 10.1 Å². The fraction of sp³-hybridized carbons (Fsp3) is 0.300. The van der Waals surface area contributed by atoms with Crippen LogP contribution in [0.1, 0.15) is 5.56 Å². The molecule has 0 unspecified atom stereocenters. The molecule has 0 bridgehead atoms. The second-order valence-corrected chi connectivity index (χ2v) is 4.92. The molecule has 0 aliphatic rings. The van der Waals surface area contributed by atoms with Crippen molar-refractivity contribution in [3.05, 3.63) is 29.8 Å². The summed E-state index contributed by atoms with van der Waals surface area (Å²) in [6.07, 6.45) is 0.234. The Bertz CT molecular complexity index is 494. The number of carbonyl (C=O) groups is 1. The maximum atomic E-state index is 10.8. The van der Waals surface area contributed by atoms with Gasteiger partial charge < -0.3 is 10.4 Å². The van der Waals surface area contributed by atoms with Crippen LogP contribution in [0.25, 0.3) is 0 Å². The van der Waals surface area contributed by atoms with Crippen molar-refractivity contribution >= 4 is 16.1 Å². The highest BCUT2D eigenvalue weighted by Crippen LogP contribution is 2.11. The summed E-state index contributed by atoms with van der Waals surface area (Å²) in [5.74, 6) is -0.980. The molecule has 7 heteroatoms. The summed E-state index contributed by atoms with van der Waals surface area (Å²) in [6.45, 7) is 0. The van der Waals surface area contributed by atoms with Crippen molar-refractivity contribution in [2.24, 2.45) is 0 Å². The minimum Gasteiger partial charge on any atom is -0.480 e. The van der Waals surface area contributed by atoms with Gasteiger partial charge in [-0.15, -0.1) is 0 Å². The summed E-state index contributed by atoms with van der Waals surface area (Å²) in [7, 11) is -2.67. The van der Waals surface area contributed by atoms with Crippen LogP contribution in [0.3, 0.4) is 0 Å². The number of benzene rings is 1. The zero-order chi connectivity index (χ0) is 13.1. The van der Waals surface area contributed by atoms with Crippen LogP contribution < -0.4 is 5.32 Å². The van der Waals surface area contributed by atoms with Gasteiger partial charge in [0.1, 0.15) is 6.04 Å². The molecule has 0 saturated heterocycles. The molecule has 0 amide bonds. The van der Waals surface area contributed by atoms with E-state index in [1.165, 1.54) is 31.3 Å². The van der Waals surface area contributed by atoms with Crippen LogP contribution >= 0.6 is 0 Å². The third-order valence-corrected chi connectivity index (χ3v) is 3.18. The van der Waals surface area contributed by atoms with Crippen LogP contribution in [0.4, 0.5) is 0 Å². The van der Waals surface area contributed by atoms with E-state index in [4.69, 9.17) is 9.66 Å². The van der Waals surface area contributed by atoms with Crippen LogP contribution in [-0.4, -0.2) is 37.1 Å². The Hall–Kier alpha value is -1.44. The highest BCUT2D eigenvalue weighted by molar-refractivity contribution is 7.85. The predicted molar refractivity (Wildman–Crippen MR) is 60.4 cm³/mol. The molecular formula is C10H13NO5S. The van der Waals surface area contributed by atoms with Crippen molar-refractivity contribution in [2.75, 3.05) is 7.05 Å². The molecular weight excluding hydrogens is 246 g/mol. The smallest absolute Gasteiger partial charge is 0.321 e. The molecule has 0 saturated carbocycles. The number of nitrogens with one attached hydrogen (secondary N) is 1. The molecule has 3 N–H and O–H groups in total.